The van der Waals surface area contributed by atoms with Crippen molar-refractivity contribution in [3.63, 3.8) is 0 Å². The predicted octanol–water partition coefficient (Wildman–Crippen LogP) is 1.09. The number of methoxy groups -OCH3 is 3. The second-order valence-electron chi connectivity index (χ2n) is 3.71. The molecule has 1 aromatic carbocycles. The molecule has 5 nitrogen and oxygen atoms in total. The van der Waals surface area contributed by atoms with Crippen LogP contribution >= 0.6 is 0 Å². The molecule has 0 aromatic heterocycles. The molecule has 5 heteroatoms. The minimum atomic E-state index is -0.703. The summed E-state index contributed by atoms with van der Waals surface area (Å²) in [5.74, 6) is 1.68. The summed E-state index contributed by atoms with van der Waals surface area (Å²) in [6.45, 7) is 1.62. The van der Waals surface area contributed by atoms with E-state index in [2.05, 4.69) is 0 Å². The third kappa shape index (κ3) is 2.81. The number of aliphatic hydroxyl groups excluding tert-OH is 1. The lowest BCUT2D eigenvalue weighted by molar-refractivity contribution is 0.161. The van der Waals surface area contributed by atoms with Gasteiger partial charge in [0.2, 0.25) is 0 Å². The Bertz CT molecular complexity index is 354. The van der Waals surface area contributed by atoms with Crippen LogP contribution in [0.3, 0.4) is 0 Å². The molecule has 0 saturated carbocycles. The molecule has 0 saturated heterocycles. The van der Waals surface area contributed by atoms with E-state index in [0.717, 1.165) is 0 Å². The summed E-state index contributed by atoms with van der Waals surface area (Å²) in [7, 11) is 4.63. The molecule has 17 heavy (non-hydrogen) atoms. The molecule has 0 aliphatic heterocycles. The van der Waals surface area contributed by atoms with Gasteiger partial charge in [-0.15, -0.1) is 0 Å². The van der Waals surface area contributed by atoms with Gasteiger partial charge in [-0.25, -0.2) is 0 Å². The molecule has 3 N–H and O–H groups in total. The molecule has 0 radical (unpaired) electrons. The summed E-state index contributed by atoms with van der Waals surface area (Å²) in [6.07, 6.45) is -0.703. The Morgan fingerprint density at radius 3 is 1.82 bits per heavy atom. The minimum absolute atomic E-state index is 0.537. The predicted molar refractivity (Wildman–Crippen MR) is 64.7 cm³/mol. The lowest BCUT2D eigenvalue weighted by atomic mass is 10.0. The molecule has 0 bridgehead atoms. The molecule has 1 aromatic rings. The first kappa shape index (κ1) is 13.6. The highest BCUT2D eigenvalue weighted by Crippen LogP contribution is 2.38. The first-order chi connectivity index (χ1) is 8.04. The van der Waals surface area contributed by atoms with Gasteiger partial charge in [0.25, 0.3) is 0 Å². The van der Waals surface area contributed by atoms with E-state index in [-0.39, 0.29) is 0 Å². The monoisotopic (exact) mass is 241 g/mol. The van der Waals surface area contributed by atoms with Crippen molar-refractivity contribution in [1.29, 1.82) is 0 Å². The van der Waals surface area contributed by atoms with Crippen LogP contribution in [-0.2, 0) is 0 Å². The highest BCUT2D eigenvalue weighted by Gasteiger charge is 2.22. The number of nitrogens with two attached hydrogens (primary N) is 1. The van der Waals surface area contributed by atoms with Crippen molar-refractivity contribution in [2.45, 2.75) is 19.1 Å². The smallest absolute Gasteiger partial charge is 0.131 e. The van der Waals surface area contributed by atoms with Gasteiger partial charge < -0.3 is 25.1 Å². The maximum Gasteiger partial charge on any atom is 0.131 e. The minimum Gasteiger partial charge on any atom is -0.496 e. The molecular formula is C12H19NO4. The van der Waals surface area contributed by atoms with E-state index >= 15 is 0 Å². The van der Waals surface area contributed by atoms with Crippen LogP contribution in [0.5, 0.6) is 17.2 Å². The fraction of sp³-hybridized carbons (Fsp3) is 0.500. The molecule has 0 spiro atoms. The third-order valence-corrected chi connectivity index (χ3v) is 2.61. The molecule has 1 rings (SSSR count). The summed E-state index contributed by atoms with van der Waals surface area (Å²) in [4.78, 5) is 0. The van der Waals surface area contributed by atoms with Crippen LogP contribution in [0.2, 0.25) is 0 Å². The van der Waals surface area contributed by atoms with E-state index in [4.69, 9.17) is 19.9 Å². The molecule has 96 valence electrons. The van der Waals surface area contributed by atoms with E-state index < -0.39 is 12.1 Å². The molecule has 0 fully saturated rings. The van der Waals surface area contributed by atoms with Gasteiger partial charge in [-0.3, -0.25) is 0 Å². The van der Waals surface area contributed by atoms with Gasteiger partial charge in [0.15, 0.2) is 0 Å². The molecule has 0 aliphatic rings. The topological polar surface area (TPSA) is 73.9 Å². The van der Waals surface area contributed by atoms with Gasteiger partial charge in [0.1, 0.15) is 17.2 Å². The van der Waals surface area contributed by atoms with E-state index in [0.29, 0.717) is 22.8 Å². The first-order valence-electron chi connectivity index (χ1n) is 5.28. The zero-order valence-electron chi connectivity index (χ0n) is 10.6. The van der Waals surface area contributed by atoms with Crippen LogP contribution in [0, 0.1) is 0 Å². The van der Waals surface area contributed by atoms with Crippen LogP contribution in [-0.4, -0.2) is 32.5 Å². The van der Waals surface area contributed by atoms with Crippen molar-refractivity contribution in [2.24, 2.45) is 5.73 Å². The second-order valence-corrected chi connectivity index (χ2v) is 3.71. The van der Waals surface area contributed by atoms with Crippen molar-refractivity contribution >= 4 is 0 Å². The summed E-state index contributed by atoms with van der Waals surface area (Å²) in [5, 5.41) is 9.57. The van der Waals surface area contributed by atoms with Crippen LogP contribution in [0.4, 0.5) is 0 Å². The van der Waals surface area contributed by atoms with E-state index in [1.807, 2.05) is 0 Å². The summed E-state index contributed by atoms with van der Waals surface area (Å²) < 4.78 is 15.6. The molecule has 0 amide bonds. The molecule has 2 unspecified atom stereocenters. The van der Waals surface area contributed by atoms with Crippen molar-refractivity contribution in [2.75, 3.05) is 21.3 Å². The van der Waals surface area contributed by atoms with Crippen molar-refractivity contribution < 1.29 is 19.3 Å². The lowest BCUT2D eigenvalue weighted by Gasteiger charge is -2.21. The summed E-state index contributed by atoms with van der Waals surface area (Å²) >= 11 is 0. The zero-order valence-corrected chi connectivity index (χ0v) is 10.6. The molecule has 0 aliphatic carbocycles. The number of aliphatic hydroxyl groups is 1. The zero-order chi connectivity index (χ0) is 13.0. The number of hydrogen-bond acceptors (Lipinski definition) is 5. The van der Waals surface area contributed by atoms with Gasteiger partial charge in [-0.05, 0) is 6.92 Å². The first-order valence-corrected chi connectivity index (χ1v) is 5.28. The Hall–Kier alpha value is -1.46. The Morgan fingerprint density at radius 1 is 1.06 bits per heavy atom. The number of ether oxygens (including phenoxy) is 3. The van der Waals surface area contributed by atoms with Gasteiger partial charge in [0, 0.05) is 12.1 Å². The fourth-order valence-corrected chi connectivity index (χ4v) is 1.60. The normalized spacial score (nSPS) is 14.0. The quantitative estimate of drug-likeness (QED) is 0.807. The number of rotatable bonds is 5. The highest BCUT2D eigenvalue weighted by atomic mass is 16.5. The van der Waals surface area contributed by atoms with Gasteiger partial charge in [-0.2, -0.15) is 0 Å². The number of hydrogen-bond donors (Lipinski definition) is 2. The van der Waals surface area contributed by atoms with E-state index in [9.17, 15) is 5.11 Å². The molecule has 0 heterocycles. The van der Waals surface area contributed by atoms with Crippen LogP contribution in [0.25, 0.3) is 0 Å². The molecular weight excluding hydrogens is 222 g/mol. The van der Waals surface area contributed by atoms with E-state index in [1.165, 1.54) is 14.2 Å². The number of benzene rings is 1. The summed E-state index contributed by atoms with van der Waals surface area (Å²) in [6, 6.07) is 2.84. The van der Waals surface area contributed by atoms with Crippen LogP contribution in [0.1, 0.15) is 18.5 Å². The third-order valence-electron chi connectivity index (χ3n) is 2.61. The standard InChI is InChI=1S/C12H19NO4/c1-7(14)12(13)11-9(16-3)5-8(15-2)6-10(11)17-4/h5-7,12,14H,13H2,1-4H3. The maximum atomic E-state index is 9.57. The maximum absolute atomic E-state index is 9.57. The van der Waals surface area contributed by atoms with Gasteiger partial charge in [-0.1, -0.05) is 0 Å². The van der Waals surface area contributed by atoms with Crippen molar-refractivity contribution in [3.8, 4) is 17.2 Å². The van der Waals surface area contributed by atoms with E-state index in [1.54, 1.807) is 26.2 Å². The SMILES string of the molecule is COc1cc(OC)c(C(N)C(C)O)c(OC)c1. The second kappa shape index (κ2) is 5.75. The average molecular weight is 241 g/mol. The van der Waals surface area contributed by atoms with Crippen LogP contribution in [0.15, 0.2) is 12.1 Å². The van der Waals surface area contributed by atoms with Gasteiger partial charge >= 0.3 is 0 Å². The Labute approximate surface area is 101 Å². The van der Waals surface area contributed by atoms with Crippen molar-refractivity contribution in [3.05, 3.63) is 17.7 Å². The van der Waals surface area contributed by atoms with Crippen molar-refractivity contribution in [1.82, 2.24) is 0 Å². The Kier molecular flexibility index (Phi) is 4.60. The summed E-state index contributed by atoms with van der Waals surface area (Å²) in [5.41, 5.74) is 6.56. The Morgan fingerprint density at radius 2 is 1.53 bits per heavy atom. The highest BCUT2D eigenvalue weighted by molar-refractivity contribution is 5.52. The van der Waals surface area contributed by atoms with Gasteiger partial charge in [0.05, 0.1) is 39.0 Å². The largest absolute Gasteiger partial charge is 0.496 e. The van der Waals surface area contributed by atoms with Crippen LogP contribution < -0.4 is 19.9 Å². The lowest BCUT2D eigenvalue weighted by Crippen LogP contribution is -2.24. The average Bonchev–Trinajstić information content (AvgIpc) is 2.35. The molecule has 2 atom stereocenters. The fourth-order valence-electron chi connectivity index (χ4n) is 1.60. The Balaban J connectivity index is 3.34.